The molecule has 0 saturated carbocycles. The fourth-order valence-corrected chi connectivity index (χ4v) is 1.98. The van der Waals surface area contributed by atoms with E-state index in [0.717, 1.165) is 11.3 Å². The third-order valence-corrected chi connectivity index (χ3v) is 2.83. The normalized spacial score (nSPS) is 15.6. The first-order valence-electron chi connectivity index (χ1n) is 5.54. The maximum atomic E-state index is 11.9. The highest BCUT2D eigenvalue weighted by molar-refractivity contribution is 7.71. The second-order valence-corrected chi connectivity index (χ2v) is 5.50. The smallest absolute Gasteiger partial charge is 0.410 e. The first-order chi connectivity index (χ1) is 7.87. The molecule has 0 aromatic carbocycles. The number of carbonyl (C=O) groups excluding carboxylic acids is 1. The van der Waals surface area contributed by atoms with Gasteiger partial charge >= 0.3 is 6.09 Å². The topological polar surface area (TPSA) is 58.5 Å². The van der Waals surface area contributed by atoms with Gasteiger partial charge in [-0.25, -0.2) is 9.95 Å². The van der Waals surface area contributed by atoms with Crippen LogP contribution in [0, 0.1) is 4.64 Å². The molecular formula is C11H16N2O3S. The summed E-state index contributed by atoms with van der Waals surface area (Å²) in [5, 5.41) is 2.65. The maximum absolute atomic E-state index is 11.9. The second kappa shape index (κ2) is 4.18. The monoisotopic (exact) mass is 256 g/mol. The summed E-state index contributed by atoms with van der Waals surface area (Å²) in [6, 6.07) is 0. The average Bonchev–Trinajstić information content (AvgIpc) is 2.57. The molecule has 1 aromatic heterocycles. The van der Waals surface area contributed by atoms with Crippen LogP contribution in [0.15, 0.2) is 4.52 Å². The van der Waals surface area contributed by atoms with Gasteiger partial charge in [-0.3, -0.25) is 0 Å². The largest absolute Gasteiger partial charge is 0.444 e. The number of amides is 1. The van der Waals surface area contributed by atoms with Crippen molar-refractivity contribution in [2.24, 2.45) is 0 Å². The molecule has 1 aliphatic heterocycles. The van der Waals surface area contributed by atoms with Gasteiger partial charge in [0.1, 0.15) is 10.2 Å². The van der Waals surface area contributed by atoms with Crippen LogP contribution in [0.3, 0.4) is 0 Å². The van der Waals surface area contributed by atoms with Crippen molar-refractivity contribution in [2.75, 3.05) is 6.54 Å². The molecule has 1 N–H and O–H groups in total. The van der Waals surface area contributed by atoms with Gasteiger partial charge in [-0.1, -0.05) is 12.2 Å². The molecule has 1 aliphatic rings. The standard InChI is InChI=1S/C11H16N2O3S/c1-11(2,3)15-10(14)13-5-4-7-8(6-13)16-12-9(7)17/h4-6H2,1-3H3,(H,12,17). The number of carbonyl (C=O) groups is 1. The minimum atomic E-state index is -0.476. The molecule has 0 bridgehead atoms. The minimum absolute atomic E-state index is 0.314. The van der Waals surface area contributed by atoms with Crippen LogP contribution >= 0.6 is 12.2 Å². The fraction of sp³-hybridized carbons (Fsp3) is 0.636. The Bertz CT molecular complexity index is 484. The summed E-state index contributed by atoms with van der Waals surface area (Å²) in [5.41, 5.74) is 0.523. The van der Waals surface area contributed by atoms with Crippen LogP contribution < -0.4 is 0 Å². The fourth-order valence-electron chi connectivity index (χ4n) is 1.72. The van der Waals surface area contributed by atoms with E-state index in [1.54, 1.807) is 4.90 Å². The number of hydrogen-bond donors (Lipinski definition) is 1. The lowest BCUT2D eigenvalue weighted by Gasteiger charge is -2.28. The molecule has 1 amide bonds. The zero-order chi connectivity index (χ0) is 12.6. The van der Waals surface area contributed by atoms with E-state index in [0.29, 0.717) is 24.2 Å². The number of nitrogens with one attached hydrogen (secondary N) is 1. The summed E-state index contributed by atoms with van der Waals surface area (Å²) in [7, 11) is 0. The van der Waals surface area contributed by atoms with E-state index < -0.39 is 5.60 Å². The molecular weight excluding hydrogens is 240 g/mol. The van der Waals surface area contributed by atoms with Crippen LogP contribution in [0.2, 0.25) is 0 Å². The highest BCUT2D eigenvalue weighted by Crippen LogP contribution is 2.21. The second-order valence-electron chi connectivity index (χ2n) is 5.09. The Balaban J connectivity index is 2.08. The molecule has 94 valence electrons. The van der Waals surface area contributed by atoms with E-state index in [-0.39, 0.29) is 6.09 Å². The lowest BCUT2D eigenvalue weighted by molar-refractivity contribution is 0.0205. The van der Waals surface area contributed by atoms with Gasteiger partial charge in [-0.15, -0.1) is 0 Å². The molecule has 1 aromatic rings. The van der Waals surface area contributed by atoms with Crippen molar-refractivity contribution in [1.82, 2.24) is 10.1 Å². The van der Waals surface area contributed by atoms with Crippen LogP contribution in [0.25, 0.3) is 0 Å². The third kappa shape index (κ3) is 2.69. The van der Waals surface area contributed by atoms with Crippen molar-refractivity contribution in [2.45, 2.75) is 39.3 Å². The summed E-state index contributed by atoms with van der Waals surface area (Å²) >= 11 is 5.08. The molecule has 5 nitrogen and oxygen atoms in total. The predicted octanol–water partition coefficient (Wildman–Crippen LogP) is 2.63. The van der Waals surface area contributed by atoms with E-state index in [2.05, 4.69) is 5.16 Å². The van der Waals surface area contributed by atoms with Gasteiger partial charge < -0.3 is 14.2 Å². The number of H-pyrrole nitrogens is 1. The van der Waals surface area contributed by atoms with Crippen molar-refractivity contribution in [1.29, 1.82) is 0 Å². The first kappa shape index (κ1) is 12.2. The van der Waals surface area contributed by atoms with Crippen LogP contribution in [0.1, 0.15) is 32.1 Å². The summed E-state index contributed by atoms with van der Waals surface area (Å²) in [6.07, 6.45) is 0.394. The van der Waals surface area contributed by atoms with Crippen molar-refractivity contribution < 1.29 is 14.1 Å². The molecule has 2 rings (SSSR count). The number of aromatic nitrogens is 1. The van der Waals surface area contributed by atoms with Gasteiger partial charge in [0.2, 0.25) is 0 Å². The van der Waals surface area contributed by atoms with E-state index >= 15 is 0 Å². The van der Waals surface area contributed by atoms with Crippen molar-refractivity contribution in [3.05, 3.63) is 16.0 Å². The Kier molecular flexibility index (Phi) is 2.99. The summed E-state index contributed by atoms with van der Waals surface area (Å²) in [6.45, 7) is 6.57. The quantitative estimate of drug-likeness (QED) is 0.725. The Hall–Kier alpha value is -1.30. The molecule has 17 heavy (non-hydrogen) atoms. The molecule has 0 fully saturated rings. The number of aromatic amines is 1. The summed E-state index contributed by atoms with van der Waals surface area (Å²) in [5.74, 6) is 0.729. The number of ether oxygens (including phenoxy) is 1. The Morgan fingerprint density at radius 1 is 1.53 bits per heavy atom. The number of rotatable bonds is 0. The minimum Gasteiger partial charge on any atom is -0.444 e. The Labute approximate surface area is 105 Å². The predicted molar refractivity (Wildman–Crippen MR) is 64.2 cm³/mol. The average molecular weight is 256 g/mol. The number of fused-ring (bicyclic) bond motifs is 1. The van der Waals surface area contributed by atoms with Gasteiger partial charge in [-0.2, -0.15) is 0 Å². The van der Waals surface area contributed by atoms with Gasteiger partial charge in [0.25, 0.3) is 0 Å². The molecule has 6 heteroatoms. The zero-order valence-electron chi connectivity index (χ0n) is 10.2. The van der Waals surface area contributed by atoms with Crippen molar-refractivity contribution in [3.8, 4) is 0 Å². The zero-order valence-corrected chi connectivity index (χ0v) is 11.0. The van der Waals surface area contributed by atoms with Gasteiger partial charge in [-0.05, 0) is 27.2 Å². The number of hydrogen-bond acceptors (Lipinski definition) is 4. The lowest BCUT2D eigenvalue weighted by atomic mass is 10.1. The SMILES string of the molecule is CC(C)(C)OC(=O)N1CCc2c(o[nH]c2=S)C1. The molecule has 0 aliphatic carbocycles. The third-order valence-electron chi connectivity index (χ3n) is 2.50. The van der Waals surface area contributed by atoms with Crippen LogP contribution in [-0.4, -0.2) is 28.3 Å². The lowest BCUT2D eigenvalue weighted by Crippen LogP contribution is -2.39. The molecule has 0 atom stereocenters. The van der Waals surface area contributed by atoms with Gasteiger partial charge in [0.15, 0.2) is 5.76 Å². The summed E-state index contributed by atoms with van der Waals surface area (Å²) < 4.78 is 11.2. The van der Waals surface area contributed by atoms with Crippen LogP contribution in [-0.2, 0) is 17.7 Å². The molecule has 2 heterocycles. The Morgan fingerprint density at radius 2 is 2.24 bits per heavy atom. The van der Waals surface area contributed by atoms with Crippen molar-refractivity contribution in [3.63, 3.8) is 0 Å². The highest BCUT2D eigenvalue weighted by atomic mass is 32.1. The van der Waals surface area contributed by atoms with E-state index in [4.69, 9.17) is 21.5 Å². The van der Waals surface area contributed by atoms with Crippen LogP contribution in [0.5, 0.6) is 0 Å². The van der Waals surface area contributed by atoms with E-state index in [9.17, 15) is 4.79 Å². The molecule has 0 spiro atoms. The van der Waals surface area contributed by atoms with Gasteiger partial charge in [0, 0.05) is 12.1 Å². The molecule has 0 saturated heterocycles. The van der Waals surface area contributed by atoms with E-state index in [1.165, 1.54) is 0 Å². The Morgan fingerprint density at radius 3 is 2.88 bits per heavy atom. The van der Waals surface area contributed by atoms with Crippen molar-refractivity contribution >= 4 is 18.3 Å². The molecule has 0 unspecified atom stereocenters. The van der Waals surface area contributed by atoms with Gasteiger partial charge in [0.05, 0.1) is 6.54 Å². The number of nitrogens with zero attached hydrogens (tertiary/aromatic N) is 1. The van der Waals surface area contributed by atoms with Crippen LogP contribution in [0.4, 0.5) is 4.79 Å². The summed E-state index contributed by atoms with van der Waals surface area (Å²) in [4.78, 5) is 13.5. The highest BCUT2D eigenvalue weighted by Gasteiger charge is 2.28. The molecule has 0 radical (unpaired) electrons. The first-order valence-corrected chi connectivity index (χ1v) is 5.95. The van der Waals surface area contributed by atoms with E-state index in [1.807, 2.05) is 20.8 Å². The maximum Gasteiger partial charge on any atom is 0.410 e.